The minimum Gasteiger partial charge on any atom is -0.387 e. The maximum atomic E-state index is 10.0. The van der Waals surface area contributed by atoms with E-state index in [1.807, 2.05) is 11.4 Å². The molecule has 0 aliphatic carbocycles. The van der Waals surface area contributed by atoms with Crippen LogP contribution in [0.5, 0.6) is 0 Å². The first kappa shape index (κ1) is 12.8. The van der Waals surface area contributed by atoms with Gasteiger partial charge in [-0.1, -0.05) is 23.2 Å². The van der Waals surface area contributed by atoms with E-state index < -0.39 is 6.10 Å². The molecule has 2 rings (SSSR count). The Morgan fingerprint density at radius 2 is 2.24 bits per heavy atom. The summed E-state index contributed by atoms with van der Waals surface area (Å²) in [4.78, 5) is 4.07. The van der Waals surface area contributed by atoms with E-state index >= 15 is 0 Å². The predicted molar refractivity (Wildman–Crippen MR) is 71.9 cm³/mol. The van der Waals surface area contributed by atoms with Crippen molar-refractivity contribution in [2.24, 2.45) is 0 Å². The maximum absolute atomic E-state index is 10.0. The fourth-order valence-corrected chi connectivity index (χ4v) is 2.75. The summed E-state index contributed by atoms with van der Waals surface area (Å²) in [5, 5.41) is 15.0. The minimum atomic E-state index is -0.653. The van der Waals surface area contributed by atoms with Gasteiger partial charge in [0.1, 0.15) is 0 Å². The van der Waals surface area contributed by atoms with Crippen molar-refractivity contribution in [2.75, 3.05) is 0 Å². The summed E-state index contributed by atoms with van der Waals surface area (Å²) in [5.74, 6) is 0. The van der Waals surface area contributed by atoms with Gasteiger partial charge >= 0.3 is 0 Å². The zero-order valence-corrected chi connectivity index (χ0v) is 11.3. The fraction of sp³-hybridized carbons (Fsp3) is 0.250. The number of rotatable bonds is 4. The van der Waals surface area contributed by atoms with Crippen LogP contribution >= 0.6 is 34.5 Å². The van der Waals surface area contributed by atoms with Crippen LogP contribution < -0.4 is 0 Å². The number of aliphatic hydroxyl groups is 1. The molecule has 2 aromatic heterocycles. The lowest BCUT2D eigenvalue weighted by Crippen LogP contribution is -2.02. The van der Waals surface area contributed by atoms with Crippen molar-refractivity contribution in [2.45, 2.75) is 18.9 Å². The lowest BCUT2D eigenvalue weighted by Gasteiger charge is -2.11. The second-order valence-corrected chi connectivity index (χ2v) is 5.33. The topological polar surface area (TPSA) is 33.1 Å². The van der Waals surface area contributed by atoms with Gasteiger partial charge in [-0.2, -0.15) is 11.3 Å². The average Bonchev–Trinajstić information content (AvgIpc) is 2.78. The molecule has 0 spiro atoms. The van der Waals surface area contributed by atoms with E-state index in [0.29, 0.717) is 22.2 Å². The third-order valence-corrected chi connectivity index (χ3v) is 3.68. The smallest absolute Gasteiger partial charge is 0.0978 e. The van der Waals surface area contributed by atoms with Crippen molar-refractivity contribution in [1.29, 1.82) is 0 Å². The van der Waals surface area contributed by atoms with Gasteiger partial charge in [0, 0.05) is 6.20 Å². The van der Waals surface area contributed by atoms with Gasteiger partial charge in [0.05, 0.1) is 21.8 Å². The molecule has 5 heteroatoms. The second kappa shape index (κ2) is 5.83. The normalized spacial score (nSPS) is 12.6. The van der Waals surface area contributed by atoms with E-state index in [4.69, 9.17) is 23.2 Å². The van der Waals surface area contributed by atoms with Crippen LogP contribution in [-0.4, -0.2) is 10.1 Å². The van der Waals surface area contributed by atoms with Crippen molar-refractivity contribution in [1.82, 2.24) is 4.98 Å². The van der Waals surface area contributed by atoms with Crippen LogP contribution in [0.15, 0.2) is 29.1 Å². The molecular weight excluding hydrogens is 277 g/mol. The van der Waals surface area contributed by atoms with Crippen molar-refractivity contribution >= 4 is 34.5 Å². The summed E-state index contributed by atoms with van der Waals surface area (Å²) in [6.45, 7) is 0. The van der Waals surface area contributed by atoms with Crippen LogP contribution in [0, 0.1) is 0 Å². The molecule has 0 fully saturated rings. The molecule has 2 heterocycles. The van der Waals surface area contributed by atoms with E-state index in [1.54, 1.807) is 17.4 Å². The summed E-state index contributed by atoms with van der Waals surface area (Å²) in [5.41, 5.74) is 1.71. The number of thiophene rings is 1. The Kier molecular flexibility index (Phi) is 4.40. The minimum absolute atomic E-state index is 0.412. The molecule has 2 nitrogen and oxygen atoms in total. The number of aryl methyl sites for hydroxylation is 1. The van der Waals surface area contributed by atoms with Gasteiger partial charge in [-0.3, -0.25) is 4.98 Å². The third kappa shape index (κ3) is 3.42. The first-order valence-corrected chi connectivity index (χ1v) is 6.87. The zero-order valence-electron chi connectivity index (χ0n) is 8.94. The monoisotopic (exact) mass is 287 g/mol. The van der Waals surface area contributed by atoms with Gasteiger partial charge in [-0.05, 0) is 41.3 Å². The lowest BCUT2D eigenvalue weighted by molar-refractivity contribution is 0.163. The van der Waals surface area contributed by atoms with E-state index in [0.717, 1.165) is 6.42 Å². The molecule has 17 heavy (non-hydrogen) atoms. The average molecular weight is 288 g/mol. The first-order chi connectivity index (χ1) is 8.16. The van der Waals surface area contributed by atoms with Crippen LogP contribution in [0.4, 0.5) is 0 Å². The second-order valence-electron chi connectivity index (χ2n) is 3.71. The Morgan fingerprint density at radius 3 is 2.88 bits per heavy atom. The van der Waals surface area contributed by atoms with Crippen LogP contribution in [0.25, 0.3) is 0 Å². The van der Waals surface area contributed by atoms with E-state index in [1.165, 1.54) is 11.8 Å². The summed E-state index contributed by atoms with van der Waals surface area (Å²) >= 11 is 13.4. The number of halogens is 2. The molecule has 0 aliphatic heterocycles. The van der Waals surface area contributed by atoms with Crippen molar-refractivity contribution < 1.29 is 5.11 Å². The molecule has 0 amide bonds. The standard InChI is InChI=1S/C12H11Cl2NOS/c13-9-5-10(14)12(15-6-9)11(16)2-1-8-3-4-17-7-8/h3-7,11,16H,1-2H2. The molecule has 1 unspecified atom stereocenters. The first-order valence-electron chi connectivity index (χ1n) is 5.17. The van der Waals surface area contributed by atoms with Gasteiger partial charge in [-0.15, -0.1) is 0 Å². The van der Waals surface area contributed by atoms with Gasteiger partial charge in [0.25, 0.3) is 0 Å². The Morgan fingerprint density at radius 1 is 1.41 bits per heavy atom. The van der Waals surface area contributed by atoms with E-state index in [-0.39, 0.29) is 0 Å². The van der Waals surface area contributed by atoms with Gasteiger partial charge in [0.2, 0.25) is 0 Å². The van der Waals surface area contributed by atoms with E-state index in [2.05, 4.69) is 10.4 Å². The Hall–Kier alpha value is -0.610. The van der Waals surface area contributed by atoms with Gasteiger partial charge < -0.3 is 5.11 Å². The number of pyridine rings is 1. The Bertz CT molecular complexity index is 487. The molecular formula is C12H11Cl2NOS. The summed E-state index contributed by atoms with van der Waals surface area (Å²) in [6.07, 6.45) is 2.26. The predicted octanol–water partition coefficient (Wildman–Crippen LogP) is 4.12. The molecule has 0 saturated carbocycles. The molecule has 2 aromatic rings. The Balaban J connectivity index is 2.01. The molecule has 0 radical (unpaired) electrons. The van der Waals surface area contributed by atoms with Crippen LogP contribution in [0.1, 0.15) is 23.8 Å². The van der Waals surface area contributed by atoms with Crippen LogP contribution in [-0.2, 0) is 6.42 Å². The van der Waals surface area contributed by atoms with Crippen LogP contribution in [0.2, 0.25) is 10.0 Å². The number of aromatic nitrogens is 1. The van der Waals surface area contributed by atoms with Crippen molar-refractivity contribution in [3.63, 3.8) is 0 Å². The van der Waals surface area contributed by atoms with Crippen molar-refractivity contribution in [3.8, 4) is 0 Å². The number of nitrogens with zero attached hydrogens (tertiary/aromatic N) is 1. The summed E-state index contributed by atoms with van der Waals surface area (Å²) < 4.78 is 0. The number of aliphatic hydroxyl groups excluding tert-OH is 1. The summed E-state index contributed by atoms with van der Waals surface area (Å²) in [7, 11) is 0. The fourth-order valence-electron chi connectivity index (χ4n) is 1.55. The summed E-state index contributed by atoms with van der Waals surface area (Å²) in [6, 6.07) is 3.65. The Labute approximate surface area is 114 Å². The van der Waals surface area contributed by atoms with Crippen molar-refractivity contribution in [3.05, 3.63) is 50.4 Å². The molecule has 1 N–H and O–H groups in total. The van der Waals surface area contributed by atoms with E-state index in [9.17, 15) is 5.11 Å². The number of hydrogen-bond acceptors (Lipinski definition) is 3. The molecule has 0 saturated heterocycles. The largest absolute Gasteiger partial charge is 0.387 e. The molecule has 0 aromatic carbocycles. The van der Waals surface area contributed by atoms with Crippen LogP contribution in [0.3, 0.4) is 0 Å². The third-order valence-electron chi connectivity index (χ3n) is 2.44. The van der Waals surface area contributed by atoms with Gasteiger partial charge in [-0.25, -0.2) is 0 Å². The quantitative estimate of drug-likeness (QED) is 0.918. The lowest BCUT2D eigenvalue weighted by atomic mass is 10.1. The highest BCUT2D eigenvalue weighted by atomic mass is 35.5. The molecule has 0 aliphatic rings. The highest BCUT2D eigenvalue weighted by molar-refractivity contribution is 7.07. The molecule has 90 valence electrons. The maximum Gasteiger partial charge on any atom is 0.0978 e. The molecule has 0 bridgehead atoms. The SMILES string of the molecule is OC(CCc1ccsc1)c1ncc(Cl)cc1Cl. The highest BCUT2D eigenvalue weighted by Gasteiger charge is 2.13. The highest BCUT2D eigenvalue weighted by Crippen LogP contribution is 2.26. The zero-order chi connectivity index (χ0) is 12.3. The number of hydrogen-bond donors (Lipinski definition) is 1. The molecule has 1 atom stereocenters. The van der Waals surface area contributed by atoms with Gasteiger partial charge in [0.15, 0.2) is 0 Å².